The highest BCUT2D eigenvalue weighted by Gasteiger charge is 2.47. The van der Waals surface area contributed by atoms with Gasteiger partial charge in [0.25, 0.3) is 0 Å². The molecular formula is C48H33BrN2. The first-order valence-corrected chi connectivity index (χ1v) is 18.0. The first-order chi connectivity index (χ1) is 25.2. The predicted octanol–water partition coefficient (Wildman–Crippen LogP) is 13.0. The number of rotatable bonds is 7. The van der Waals surface area contributed by atoms with Crippen LogP contribution in [0.5, 0.6) is 0 Å². The monoisotopic (exact) mass is 716 g/mol. The number of benzene rings is 7. The number of hydrogen-bond acceptors (Lipinski definition) is 2. The molecule has 1 aliphatic carbocycles. The Morgan fingerprint density at radius 1 is 0.451 bits per heavy atom. The topological polar surface area (TPSA) is 16.1 Å². The summed E-state index contributed by atoms with van der Waals surface area (Å²) in [5.74, 6) is 0.851. The number of halogens is 1. The Bertz CT molecular complexity index is 2420. The van der Waals surface area contributed by atoms with E-state index in [1.165, 1.54) is 38.9 Å². The Morgan fingerprint density at radius 3 is 1.71 bits per heavy atom. The van der Waals surface area contributed by atoms with Crippen LogP contribution in [-0.2, 0) is 5.41 Å². The molecule has 9 rings (SSSR count). The number of anilines is 3. The van der Waals surface area contributed by atoms with Gasteiger partial charge < -0.3 is 0 Å². The number of pyridine rings is 1. The molecule has 0 saturated carbocycles. The Kier molecular flexibility index (Phi) is 7.91. The number of nitrogens with zero attached hydrogens (tertiary/aromatic N) is 2. The molecule has 1 aromatic heterocycles. The number of hydrogen-bond donors (Lipinski definition) is 0. The summed E-state index contributed by atoms with van der Waals surface area (Å²) in [5, 5.41) is 0. The molecule has 242 valence electrons. The molecule has 1 heterocycles. The van der Waals surface area contributed by atoms with E-state index >= 15 is 0 Å². The van der Waals surface area contributed by atoms with Crippen LogP contribution < -0.4 is 4.90 Å². The van der Waals surface area contributed by atoms with Gasteiger partial charge in [-0.1, -0.05) is 168 Å². The van der Waals surface area contributed by atoms with E-state index in [9.17, 15) is 0 Å². The van der Waals surface area contributed by atoms with Crippen molar-refractivity contribution < 1.29 is 0 Å². The van der Waals surface area contributed by atoms with Crippen LogP contribution in [0.4, 0.5) is 17.2 Å². The van der Waals surface area contributed by atoms with Crippen molar-refractivity contribution in [1.29, 1.82) is 0 Å². The third-order valence-corrected chi connectivity index (χ3v) is 10.6. The van der Waals surface area contributed by atoms with Gasteiger partial charge in [-0.25, -0.2) is 4.98 Å². The maximum absolute atomic E-state index is 5.18. The lowest BCUT2D eigenvalue weighted by Crippen LogP contribution is -2.28. The zero-order chi connectivity index (χ0) is 34.2. The van der Waals surface area contributed by atoms with E-state index in [2.05, 4.69) is 215 Å². The van der Waals surface area contributed by atoms with Gasteiger partial charge in [0.1, 0.15) is 5.82 Å². The first kappa shape index (κ1) is 31.0. The molecule has 0 aliphatic heterocycles. The first-order valence-electron chi connectivity index (χ1n) is 17.2. The van der Waals surface area contributed by atoms with Crippen LogP contribution in [0.2, 0.25) is 0 Å². The van der Waals surface area contributed by atoms with E-state index in [-0.39, 0.29) is 0 Å². The summed E-state index contributed by atoms with van der Waals surface area (Å²) in [4.78, 5) is 7.51. The van der Waals surface area contributed by atoms with Gasteiger partial charge in [-0.15, -0.1) is 0 Å². The number of fused-ring (bicyclic) bond motifs is 3. The fraction of sp³-hybridized carbons (Fsp3) is 0.0208. The van der Waals surface area contributed by atoms with Crippen molar-refractivity contribution in [3.05, 3.63) is 227 Å². The molecule has 51 heavy (non-hydrogen) atoms. The van der Waals surface area contributed by atoms with Crippen molar-refractivity contribution in [2.75, 3.05) is 4.90 Å². The van der Waals surface area contributed by atoms with Gasteiger partial charge in [0.15, 0.2) is 0 Å². The van der Waals surface area contributed by atoms with Gasteiger partial charge in [-0.3, -0.25) is 4.90 Å². The van der Waals surface area contributed by atoms with Gasteiger partial charge in [-0.05, 0) is 87.0 Å². The van der Waals surface area contributed by atoms with Crippen molar-refractivity contribution in [3.63, 3.8) is 0 Å². The summed E-state index contributed by atoms with van der Waals surface area (Å²) in [7, 11) is 0. The molecule has 2 nitrogen and oxygen atoms in total. The lowest BCUT2D eigenvalue weighted by Gasteiger charge is -2.34. The molecule has 7 aromatic carbocycles. The molecule has 0 radical (unpaired) electrons. The van der Waals surface area contributed by atoms with Crippen LogP contribution in [0.1, 0.15) is 22.3 Å². The fourth-order valence-corrected chi connectivity index (χ4v) is 8.11. The fourth-order valence-electron chi connectivity index (χ4n) is 7.84. The largest absolute Gasteiger partial charge is 0.294 e. The molecule has 0 spiro atoms. The summed E-state index contributed by atoms with van der Waals surface area (Å²) in [5.41, 5.74) is 13.6. The van der Waals surface area contributed by atoms with Crippen molar-refractivity contribution >= 4 is 33.1 Å². The summed E-state index contributed by atoms with van der Waals surface area (Å²) >= 11 is 3.57. The van der Waals surface area contributed by atoms with Crippen LogP contribution in [-0.4, -0.2) is 4.98 Å². The molecule has 0 amide bonds. The second-order valence-electron chi connectivity index (χ2n) is 12.9. The highest BCUT2D eigenvalue weighted by atomic mass is 79.9. The third-order valence-electron chi connectivity index (χ3n) is 10.1. The molecular weight excluding hydrogens is 684 g/mol. The average Bonchev–Trinajstić information content (AvgIpc) is 3.51. The van der Waals surface area contributed by atoms with Crippen LogP contribution in [0, 0.1) is 0 Å². The van der Waals surface area contributed by atoms with E-state index in [0.717, 1.165) is 38.4 Å². The predicted molar refractivity (Wildman–Crippen MR) is 215 cm³/mol. The standard InChI is InChI=1S/C48H33BrN2/c49-40-29-26-35(27-30-40)37-28-31-46(50-33-37)51(41-21-12-16-36(32-41)34-14-4-1-5-15-34)45-25-13-24-44-47(45)42-22-10-11-23-43(42)48(44,38-17-6-2-7-18-38)39-19-8-3-9-20-39/h1-33H. The minimum absolute atomic E-state index is 0.499. The normalized spacial score (nSPS) is 12.6. The Hall–Kier alpha value is -6.03. The SMILES string of the molecule is Brc1ccc(-c2ccc(N(c3cccc(-c4ccccc4)c3)c3cccc4c3-c3ccccc3C4(c3ccccc3)c3ccccc3)nc2)cc1. The molecule has 8 aromatic rings. The highest BCUT2D eigenvalue weighted by molar-refractivity contribution is 9.10. The molecule has 0 bridgehead atoms. The minimum atomic E-state index is -0.499. The van der Waals surface area contributed by atoms with Crippen LogP contribution in [0.3, 0.4) is 0 Å². The van der Waals surface area contributed by atoms with Crippen LogP contribution in [0.15, 0.2) is 205 Å². The third kappa shape index (κ3) is 5.29. The lowest BCUT2D eigenvalue weighted by atomic mass is 9.68. The highest BCUT2D eigenvalue weighted by Crippen LogP contribution is 2.59. The Balaban J connectivity index is 1.31. The quantitative estimate of drug-likeness (QED) is 0.163. The van der Waals surface area contributed by atoms with Crippen molar-refractivity contribution in [2.24, 2.45) is 0 Å². The lowest BCUT2D eigenvalue weighted by molar-refractivity contribution is 0.768. The second kappa shape index (κ2) is 13.0. The van der Waals surface area contributed by atoms with Gasteiger partial charge in [0.2, 0.25) is 0 Å². The zero-order valence-corrected chi connectivity index (χ0v) is 29.4. The Morgan fingerprint density at radius 2 is 1.02 bits per heavy atom. The summed E-state index contributed by atoms with van der Waals surface area (Å²) in [6, 6.07) is 69.7. The van der Waals surface area contributed by atoms with E-state index in [1.54, 1.807) is 0 Å². The van der Waals surface area contributed by atoms with E-state index in [0.29, 0.717) is 0 Å². The average molecular weight is 718 g/mol. The molecule has 1 aliphatic rings. The number of aromatic nitrogens is 1. The van der Waals surface area contributed by atoms with Crippen molar-refractivity contribution in [1.82, 2.24) is 4.98 Å². The van der Waals surface area contributed by atoms with E-state index < -0.39 is 5.41 Å². The molecule has 0 fully saturated rings. The summed E-state index contributed by atoms with van der Waals surface area (Å²) in [6.45, 7) is 0. The van der Waals surface area contributed by atoms with Crippen LogP contribution in [0.25, 0.3) is 33.4 Å². The zero-order valence-electron chi connectivity index (χ0n) is 27.8. The second-order valence-corrected chi connectivity index (χ2v) is 13.8. The minimum Gasteiger partial charge on any atom is -0.294 e. The van der Waals surface area contributed by atoms with Crippen LogP contribution >= 0.6 is 15.9 Å². The van der Waals surface area contributed by atoms with Gasteiger partial charge >= 0.3 is 0 Å². The smallest absolute Gasteiger partial charge is 0.137 e. The molecule has 0 unspecified atom stereocenters. The van der Waals surface area contributed by atoms with E-state index in [4.69, 9.17) is 4.98 Å². The maximum Gasteiger partial charge on any atom is 0.137 e. The molecule has 0 N–H and O–H groups in total. The van der Waals surface area contributed by atoms with Crippen molar-refractivity contribution in [3.8, 4) is 33.4 Å². The van der Waals surface area contributed by atoms with Gasteiger partial charge in [-0.2, -0.15) is 0 Å². The molecule has 0 saturated heterocycles. The van der Waals surface area contributed by atoms with Gasteiger partial charge in [0, 0.05) is 27.5 Å². The Labute approximate surface area is 307 Å². The summed E-state index contributed by atoms with van der Waals surface area (Å²) < 4.78 is 1.06. The van der Waals surface area contributed by atoms with Crippen molar-refractivity contribution in [2.45, 2.75) is 5.41 Å². The van der Waals surface area contributed by atoms with Gasteiger partial charge in [0.05, 0.1) is 11.1 Å². The summed E-state index contributed by atoms with van der Waals surface area (Å²) in [6.07, 6.45) is 1.99. The maximum atomic E-state index is 5.18. The molecule has 0 atom stereocenters. The molecule has 3 heteroatoms. The van der Waals surface area contributed by atoms with E-state index in [1.807, 2.05) is 6.20 Å².